The molecule has 0 spiro atoms. The van der Waals surface area contributed by atoms with Gasteiger partial charge in [-0.2, -0.15) is 0 Å². The number of aliphatic hydroxyl groups excluding tert-OH is 1. The second-order valence-corrected chi connectivity index (χ2v) is 5.67. The van der Waals surface area contributed by atoms with Crippen molar-refractivity contribution in [1.82, 2.24) is 5.32 Å². The van der Waals surface area contributed by atoms with Crippen molar-refractivity contribution in [2.75, 3.05) is 18.5 Å². The van der Waals surface area contributed by atoms with Crippen molar-refractivity contribution in [2.45, 2.75) is 46.2 Å². The van der Waals surface area contributed by atoms with E-state index in [9.17, 15) is 4.79 Å². The summed E-state index contributed by atoms with van der Waals surface area (Å²) in [6.07, 6.45) is 0.630. The molecule has 0 aliphatic rings. The lowest BCUT2D eigenvalue weighted by molar-refractivity contribution is -0.118. The number of rotatable bonds is 9. The Hall–Kier alpha value is -1.59. The van der Waals surface area contributed by atoms with Crippen molar-refractivity contribution in [3.63, 3.8) is 0 Å². The number of ether oxygens (including phenoxy) is 1. The van der Waals surface area contributed by atoms with E-state index in [0.717, 1.165) is 0 Å². The Balaban J connectivity index is 2.67. The SMILES string of the molecule is CCOc1ccccc1NC(=O)C(C)NC(CCO)C(C)C. The summed E-state index contributed by atoms with van der Waals surface area (Å²) in [5, 5.41) is 15.3. The van der Waals surface area contributed by atoms with Crippen LogP contribution in [0.25, 0.3) is 0 Å². The smallest absolute Gasteiger partial charge is 0.241 e. The summed E-state index contributed by atoms with van der Waals surface area (Å²) >= 11 is 0. The molecule has 5 nitrogen and oxygen atoms in total. The van der Waals surface area contributed by atoms with Gasteiger partial charge >= 0.3 is 0 Å². The van der Waals surface area contributed by atoms with Crippen LogP contribution in [0, 0.1) is 5.92 Å². The van der Waals surface area contributed by atoms with Gasteiger partial charge in [-0.05, 0) is 38.3 Å². The number of para-hydroxylation sites is 2. The molecule has 0 fully saturated rings. The first-order chi connectivity index (χ1) is 10.5. The van der Waals surface area contributed by atoms with Gasteiger partial charge in [-0.25, -0.2) is 0 Å². The maximum atomic E-state index is 12.3. The number of carbonyl (C=O) groups is 1. The Kier molecular flexibility index (Phi) is 7.91. The minimum absolute atomic E-state index is 0.105. The Morgan fingerprint density at radius 1 is 1.27 bits per heavy atom. The van der Waals surface area contributed by atoms with Crippen molar-refractivity contribution in [3.05, 3.63) is 24.3 Å². The average molecular weight is 308 g/mol. The van der Waals surface area contributed by atoms with Crippen molar-refractivity contribution >= 4 is 11.6 Å². The summed E-state index contributed by atoms with van der Waals surface area (Å²) in [5.41, 5.74) is 0.672. The molecule has 5 heteroatoms. The quantitative estimate of drug-likeness (QED) is 0.655. The predicted molar refractivity (Wildman–Crippen MR) is 89.2 cm³/mol. The van der Waals surface area contributed by atoms with Crippen molar-refractivity contribution in [3.8, 4) is 5.75 Å². The van der Waals surface area contributed by atoms with Gasteiger partial charge in [0.2, 0.25) is 5.91 Å². The van der Waals surface area contributed by atoms with E-state index in [4.69, 9.17) is 9.84 Å². The van der Waals surface area contributed by atoms with E-state index in [1.165, 1.54) is 0 Å². The molecular formula is C17H28N2O3. The van der Waals surface area contributed by atoms with Gasteiger partial charge < -0.3 is 20.5 Å². The molecule has 2 unspecified atom stereocenters. The fourth-order valence-corrected chi connectivity index (χ4v) is 2.24. The first kappa shape index (κ1) is 18.5. The van der Waals surface area contributed by atoms with E-state index in [0.29, 0.717) is 30.4 Å². The second kappa shape index (κ2) is 9.43. The van der Waals surface area contributed by atoms with Gasteiger partial charge in [0.15, 0.2) is 0 Å². The molecule has 0 saturated carbocycles. The van der Waals surface area contributed by atoms with Crippen LogP contribution in [0.3, 0.4) is 0 Å². The van der Waals surface area contributed by atoms with Gasteiger partial charge in [0.25, 0.3) is 0 Å². The lowest BCUT2D eigenvalue weighted by Crippen LogP contribution is -2.46. The van der Waals surface area contributed by atoms with E-state index < -0.39 is 0 Å². The fraction of sp³-hybridized carbons (Fsp3) is 0.588. The molecule has 1 aromatic carbocycles. The molecule has 124 valence electrons. The van der Waals surface area contributed by atoms with Crippen molar-refractivity contribution in [2.24, 2.45) is 5.92 Å². The van der Waals surface area contributed by atoms with Gasteiger partial charge in [0.05, 0.1) is 18.3 Å². The molecule has 3 N–H and O–H groups in total. The zero-order chi connectivity index (χ0) is 16.5. The van der Waals surface area contributed by atoms with E-state index in [-0.39, 0.29) is 24.6 Å². The van der Waals surface area contributed by atoms with Crippen LogP contribution in [0.1, 0.15) is 34.1 Å². The van der Waals surface area contributed by atoms with Crippen molar-refractivity contribution in [1.29, 1.82) is 0 Å². The molecule has 0 aliphatic heterocycles. The molecule has 1 rings (SSSR count). The van der Waals surface area contributed by atoms with Gasteiger partial charge in [0, 0.05) is 12.6 Å². The summed E-state index contributed by atoms with van der Waals surface area (Å²) in [6, 6.07) is 7.14. The lowest BCUT2D eigenvalue weighted by atomic mass is 10.0. The zero-order valence-corrected chi connectivity index (χ0v) is 13.9. The minimum Gasteiger partial charge on any atom is -0.492 e. The van der Waals surface area contributed by atoms with Gasteiger partial charge in [-0.15, -0.1) is 0 Å². The van der Waals surface area contributed by atoms with Gasteiger partial charge in [-0.3, -0.25) is 4.79 Å². The van der Waals surface area contributed by atoms with Crippen LogP contribution in [0.15, 0.2) is 24.3 Å². The number of amides is 1. The second-order valence-electron chi connectivity index (χ2n) is 5.67. The highest BCUT2D eigenvalue weighted by molar-refractivity contribution is 5.95. The van der Waals surface area contributed by atoms with Crippen LogP contribution in [0.2, 0.25) is 0 Å². The first-order valence-electron chi connectivity index (χ1n) is 7.89. The Morgan fingerprint density at radius 3 is 2.55 bits per heavy atom. The summed E-state index contributed by atoms with van der Waals surface area (Å²) in [4.78, 5) is 12.3. The number of hydrogen-bond donors (Lipinski definition) is 3. The maximum Gasteiger partial charge on any atom is 0.241 e. The van der Waals surface area contributed by atoms with Gasteiger partial charge in [0.1, 0.15) is 5.75 Å². The third-order valence-electron chi connectivity index (χ3n) is 3.55. The largest absolute Gasteiger partial charge is 0.492 e. The van der Waals surface area contributed by atoms with Crippen LogP contribution in [-0.2, 0) is 4.79 Å². The van der Waals surface area contributed by atoms with Crippen molar-refractivity contribution < 1.29 is 14.6 Å². The number of benzene rings is 1. The Bertz CT molecular complexity index is 463. The van der Waals surface area contributed by atoms with Gasteiger partial charge in [-0.1, -0.05) is 26.0 Å². The molecule has 0 aliphatic carbocycles. The number of carbonyl (C=O) groups excluding carboxylic acids is 1. The Morgan fingerprint density at radius 2 is 1.95 bits per heavy atom. The topological polar surface area (TPSA) is 70.6 Å². The van der Waals surface area contributed by atoms with Crippen LogP contribution < -0.4 is 15.4 Å². The van der Waals surface area contributed by atoms with E-state index >= 15 is 0 Å². The van der Waals surface area contributed by atoms with Crippen LogP contribution >= 0.6 is 0 Å². The van der Waals surface area contributed by atoms with Crippen LogP contribution in [-0.4, -0.2) is 36.3 Å². The molecule has 0 aromatic heterocycles. The highest BCUT2D eigenvalue weighted by Crippen LogP contribution is 2.23. The standard InChI is InChI=1S/C17H28N2O3/c1-5-22-16-9-7-6-8-15(16)19-17(21)13(4)18-14(10-11-20)12(2)3/h6-9,12-14,18,20H,5,10-11H2,1-4H3,(H,19,21). The lowest BCUT2D eigenvalue weighted by Gasteiger charge is -2.25. The fourth-order valence-electron chi connectivity index (χ4n) is 2.24. The molecular weight excluding hydrogens is 280 g/mol. The third-order valence-corrected chi connectivity index (χ3v) is 3.55. The van der Waals surface area contributed by atoms with Crippen LogP contribution in [0.4, 0.5) is 5.69 Å². The predicted octanol–water partition coefficient (Wildman–Crippen LogP) is 2.41. The third kappa shape index (κ3) is 5.66. The number of aliphatic hydroxyl groups is 1. The minimum atomic E-state index is -0.353. The zero-order valence-electron chi connectivity index (χ0n) is 13.9. The van der Waals surface area contributed by atoms with E-state index in [2.05, 4.69) is 24.5 Å². The number of anilines is 1. The summed E-state index contributed by atoms with van der Waals surface area (Å²) in [6.45, 7) is 8.53. The summed E-state index contributed by atoms with van der Waals surface area (Å²) in [5.74, 6) is 0.898. The molecule has 0 saturated heterocycles. The molecule has 0 bridgehead atoms. The number of nitrogens with one attached hydrogen (secondary N) is 2. The highest BCUT2D eigenvalue weighted by atomic mass is 16.5. The highest BCUT2D eigenvalue weighted by Gasteiger charge is 2.20. The molecule has 1 aromatic rings. The van der Waals surface area contributed by atoms with E-state index in [1.54, 1.807) is 0 Å². The molecule has 22 heavy (non-hydrogen) atoms. The number of hydrogen-bond acceptors (Lipinski definition) is 4. The average Bonchev–Trinajstić information content (AvgIpc) is 2.48. The molecule has 2 atom stereocenters. The monoisotopic (exact) mass is 308 g/mol. The molecule has 0 heterocycles. The molecule has 1 amide bonds. The maximum absolute atomic E-state index is 12.3. The molecule has 0 radical (unpaired) electrons. The van der Waals surface area contributed by atoms with E-state index in [1.807, 2.05) is 38.1 Å². The summed E-state index contributed by atoms with van der Waals surface area (Å²) < 4.78 is 5.51. The van der Waals surface area contributed by atoms with Crippen LogP contribution in [0.5, 0.6) is 5.75 Å². The first-order valence-corrected chi connectivity index (χ1v) is 7.89. The normalized spacial score (nSPS) is 13.7. The summed E-state index contributed by atoms with van der Waals surface area (Å²) in [7, 11) is 0. The Labute approximate surface area is 133 Å².